The summed E-state index contributed by atoms with van der Waals surface area (Å²) >= 11 is 0. The summed E-state index contributed by atoms with van der Waals surface area (Å²) in [6, 6.07) is 4.41. The second-order valence-electron chi connectivity index (χ2n) is 8.59. The minimum absolute atomic E-state index is 0.243. The molecule has 0 bridgehead atoms. The molecule has 0 saturated carbocycles. The second-order valence-corrected chi connectivity index (χ2v) is 8.59. The van der Waals surface area contributed by atoms with Crippen LogP contribution in [-0.4, -0.2) is 41.2 Å². The summed E-state index contributed by atoms with van der Waals surface area (Å²) in [4.78, 5) is 18.4. The molecule has 0 spiro atoms. The van der Waals surface area contributed by atoms with Gasteiger partial charge in [-0.05, 0) is 43.4 Å². The average molecular weight is 427 g/mol. The highest BCUT2D eigenvalue weighted by Crippen LogP contribution is 2.44. The Morgan fingerprint density at radius 1 is 1.09 bits per heavy atom. The van der Waals surface area contributed by atoms with E-state index in [9.17, 15) is 0 Å². The topological polar surface area (TPSA) is 95.6 Å². The largest absolute Gasteiger partial charge is 0.427 e. The summed E-state index contributed by atoms with van der Waals surface area (Å²) in [5.74, 6) is 1.05. The van der Waals surface area contributed by atoms with Crippen molar-refractivity contribution in [1.29, 1.82) is 5.41 Å². The molecule has 0 radical (unpaired) electrons. The van der Waals surface area contributed by atoms with Gasteiger partial charge < -0.3 is 10.1 Å². The van der Waals surface area contributed by atoms with Crippen molar-refractivity contribution in [3.05, 3.63) is 52.7 Å². The van der Waals surface area contributed by atoms with E-state index in [-0.39, 0.29) is 6.01 Å². The highest BCUT2D eigenvalue weighted by Gasteiger charge is 2.33. The van der Waals surface area contributed by atoms with E-state index in [1.165, 1.54) is 0 Å². The number of dihydropyridines is 1. The SMILES string of the molecule is CNc1cc(C)cc2c1C(=N)c1nc(OC3=CN=C(C)CC3)nc(C3=CC(C)CN=C3)c1-2. The zero-order chi connectivity index (χ0) is 22.4. The van der Waals surface area contributed by atoms with E-state index in [1.54, 1.807) is 6.20 Å². The van der Waals surface area contributed by atoms with E-state index < -0.39 is 0 Å². The van der Waals surface area contributed by atoms with Gasteiger partial charge in [0.05, 0.1) is 17.6 Å². The number of benzene rings is 1. The second kappa shape index (κ2) is 7.82. The molecule has 0 saturated heterocycles. The Kier molecular flexibility index (Phi) is 4.96. The smallest absolute Gasteiger partial charge is 0.322 e. The van der Waals surface area contributed by atoms with E-state index in [0.29, 0.717) is 17.3 Å². The number of nitrogens with one attached hydrogen (secondary N) is 2. The van der Waals surface area contributed by atoms with Crippen LogP contribution in [0.15, 0.2) is 40.2 Å². The predicted molar refractivity (Wildman–Crippen MR) is 129 cm³/mol. The summed E-state index contributed by atoms with van der Waals surface area (Å²) in [5.41, 5.74) is 8.45. The minimum Gasteiger partial charge on any atom is -0.427 e. The molecule has 1 aromatic heterocycles. The third-order valence-corrected chi connectivity index (χ3v) is 5.94. The first-order chi connectivity index (χ1) is 15.4. The molecule has 1 aromatic carbocycles. The molecule has 1 unspecified atom stereocenters. The molecule has 7 nitrogen and oxygen atoms in total. The van der Waals surface area contributed by atoms with Gasteiger partial charge in [-0.2, -0.15) is 9.97 Å². The Bertz CT molecular complexity index is 1270. The number of hydrogen-bond acceptors (Lipinski definition) is 7. The van der Waals surface area contributed by atoms with Crippen LogP contribution in [-0.2, 0) is 0 Å². The summed E-state index contributed by atoms with van der Waals surface area (Å²) < 4.78 is 6.06. The van der Waals surface area contributed by atoms with Gasteiger partial charge in [-0.25, -0.2) is 0 Å². The fraction of sp³-hybridized carbons (Fsp3) is 0.320. The molecule has 1 aliphatic carbocycles. The van der Waals surface area contributed by atoms with Gasteiger partial charge in [0.15, 0.2) is 0 Å². The predicted octanol–water partition coefficient (Wildman–Crippen LogP) is 4.80. The average Bonchev–Trinajstić information content (AvgIpc) is 3.06. The van der Waals surface area contributed by atoms with E-state index in [1.807, 2.05) is 20.2 Å². The van der Waals surface area contributed by atoms with Crippen LogP contribution in [0.1, 0.15) is 49.2 Å². The number of nitrogens with zero attached hydrogens (tertiary/aromatic N) is 4. The minimum atomic E-state index is 0.243. The molecule has 2 aliphatic heterocycles. The summed E-state index contributed by atoms with van der Waals surface area (Å²) in [7, 11) is 1.88. The van der Waals surface area contributed by atoms with Gasteiger partial charge in [0.2, 0.25) is 0 Å². The maximum Gasteiger partial charge on any atom is 0.322 e. The van der Waals surface area contributed by atoms with E-state index in [0.717, 1.165) is 70.1 Å². The molecule has 2 N–H and O–H groups in total. The lowest BCUT2D eigenvalue weighted by atomic mass is 9.96. The maximum atomic E-state index is 8.94. The van der Waals surface area contributed by atoms with E-state index in [2.05, 4.69) is 47.4 Å². The number of allylic oxidation sites excluding steroid dienone is 2. The molecule has 162 valence electrons. The van der Waals surface area contributed by atoms with Crippen LogP contribution in [0.5, 0.6) is 6.01 Å². The molecule has 3 heterocycles. The number of hydrogen-bond donors (Lipinski definition) is 2. The van der Waals surface area contributed by atoms with Gasteiger partial charge in [0, 0.05) is 54.3 Å². The third kappa shape index (κ3) is 3.43. The number of rotatable bonds is 4. The molecular weight excluding hydrogens is 400 g/mol. The Hall–Kier alpha value is -3.61. The van der Waals surface area contributed by atoms with Gasteiger partial charge in [-0.15, -0.1) is 0 Å². The van der Waals surface area contributed by atoms with Crippen molar-refractivity contribution in [1.82, 2.24) is 9.97 Å². The Morgan fingerprint density at radius 2 is 1.91 bits per heavy atom. The van der Waals surface area contributed by atoms with Crippen molar-refractivity contribution >= 4 is 28.9 Å². The number of ether oxygens (including phenoxy) is 1. The normalized spacial score (nSPS) is 19.1. The fourth-order valence-corrected chi connectivity index (χ4v) is 4.37. The van der Waals surface area contributed by atoms with Crippen molar-refractivity contribution in [3.8, 4) is 17.1 Å². The number of aryl methyl sites for hydroxylation is 1. The van der Waals surface area contributed by atoms with Crippen molar-refractivity contribution in [2.24, 2.45) is 15.9 Å². The zero-order valence-electron chi connectivity index (χ0n) is 18.8. The molecular formula is C25H26N6O. The van der Waals surface area contributed by atoms with Crippen LogP contribution in [0.25, 0.3) is 16.7 Å². The van der Waals surface area contributed by atoms with Crippen molar-refractivity contribution in [2.75, 3.05) is 18.9 Å². The Balaban J connectivity index is 1.71. The lowest BCUT2D eigenvalue weighted by Crippen LogP contribution is -2.11. The molecule has 0 fully saturated rings. The first-order valence-electron chi connectivity index (χ1n) is 10.9. The van der Waals surface area contributed by atoms with Crippen LogP contribution in [0.2, 0.25) is 0 Å². The molecule has 5 rings (SSSR count). The zero-order valence-corrected chi connectivity index (χ0v) is 18.8. The number of anilines is 1. The number of aliphatic imine (C=N–C) groups is 2. The van der Waals surface area contributed by atoms with Crippen LogP contribution in [0.4, 0.5) is 5.69 Å². The third-order valence-electron chi connectivity index (χ3n) is 5.94. The molecule has 32 heavy (non-hydrogen) atoms. The van der Waals surface area contributed by atoms with Crippen LogP contribution >= 0.6 is 0 Å². The van der Waals surface area contributed by atoms with Crippen LogP contribution < -0.4 is 10.1 Å². The Labute approximate surface area is 187 Å². The van der Waals surface area contributed by atoms with Gasteiger partial charge in [0.25, 0.3) is 0 Å². The van der Waals surface area contributed by atoms with Gasteiger partial charge in [-0.1, -0.05) is 19.1 Å². The lowest BCUT2D eigenvalue weighted by Gasteiger charge is -2.17. The van der Waals surface area contributed by atoms with E-state index >= 15 is 0 Å². The highest BCUT2D eigenvalue weighted by atomic mass is 16.5. The first-order valence-corrected chi connectivity index (χ1v) is 10.9. The van der Waals surface area contributed by atoms with Gasteiger partial charge >= 0.3 is 6.01 Å². The van der Waals surface area contributed by atoms with E-state index in [4.69, 9.17) is 20.1 Å². The van der Waals surface area contributed by atoms with Gasteiger partial charge in [0.1, 0.15) is 11.5 Å². The van der Waals surface area contributed by atoms with Gasteiger partial charge in [-0.3, -0.25) is 15.4 Å². The fourth-order valence-electron chi connectivity index (χ4n) is 4.37. The highest BCUT2D eigenvalue weighted by molar-refractivity contribution is 6.27. The monoisotopic (exact) mass is 426 g/mol. The lowest BCUT2D eigenvalue weighted by molar-refractivity contribution is 0.370. The quantitative estimate of drug-likeness (QED) is 0.626. The van der Waals surface area contributed by atoms with Crippen molar-refractivity contribution in [3.63, 3.8) is 0 Å². The molecule has 3 aliphatic rings. The van der Waals surface area contributed by atoms with Crippen molar-refractivity contribution in [2.45, 2.75) is 33.6 Å². The Morgan fingerprint density at radius 3 is 2.62 bits per heavy atom. The summed E-state index contributed by atoms with van der Waals surface area (Å²) in [5, 5.41) is 12.2. The number of aromatic nitrogens is 2. The maximum absolute atomic E-state index is 8.94. The van der Waals surface area contributed by atoms with Crippen LogP contribution in [0.3, 0.4) is 0 Å². The summed E-state index contributed by atoms with van der Waals surface area (Å²) in [6.07, 6.45) is 7.40. The number of fused-ring (bicyclic) bond motifs is 3. The molecule has 7 heteroatoms. The molecule has 1 atom stereocenters. The standard InChI is InChI=1S/C25H26N6O/c1-13-8-18-20(19(9-13)27-4)22(26)24-21(18)23(16-7-14(2)10-28-11-16)30-25(31-24)32-17-6-5-15(3)29-12-17/h7-9,11-12,14,26-27H,5-6,10H2,1-4H3. The van der Waals surface area contributed by atoms with Crippen LogP contribution in [0, 0.1) is 18.3 Å². The first kappa shape index (κ1) is 20.3. The van der Waals surface area contributed by atoms with Crippen molar-refractivity contribution < 1.29 is 4.74 Å². The molecule has 2 aromatic rings. The molecule has 0 amide bonds. The summed E-state index contributed by atoms with van der Waals surface area (Å²) in [6.45, 7) is 6.97.